The SMILES string of the molecule is O=S(=O)(c1ccc2c(c1)CCCC2)N1CCCC(O)C1. The van der Waals surface area contributed by atoms with Crippen molar-refractivity contribution in [3.05, 3.63) is 29.3 Å². The summed E-state index contributed by atoms with van der Waals surface area (Å²) in [6, 6.07) is 5.52. The molecule has 0 bridgehead atoms. The van der Waals surface area contributed by atoms with Gasteiger partial charge in [-0.2, -0.15) is 4.31 Å². The predicted molar refractivity (Wildman–Crippen MR) is 77.1 cm³/mol. The van der Waals surface area contributed by atoms with Crippen LogP contribution in [-0.2, 0) is 22.9 Å². The summed E-state index contributed by atoms with van der Waals surface area (Å²) in [5.74, 6) is 0. The van der Waals surface area contributed by atoms with Gasteiger partial charge in [-0.1, -0.05) is 6.07 Å². The highest BCUT2D eigenvalue weighted by molar-refractivity contribution is 7.89. The van der Waals surface area contributed by atoms with Crippen LogP contribution in [0.2, 0.25) is 0 Å². The normalized spacial score (nSPS) is 24.4. The quantitative estimate of drug-likeness (QED) is 0.903. The highest BCUT2D eigenvalue weighted by Gasteiger charge is 2.29. The van der Waals surface area contributed by atoms with Crippen LogP contribution in [-0.4, -0.2) is 37.0 Å². The lowest BCUT2D eigenvalue weighted by Crippen LogP contribution is -2.42. The van der Waals surface area contributed by atoms with Gasteiger partial charge in [-0.3, -0.25) is 0 Å². The number of benzene rings is 1. The molecule has 110 valence electrons. The molecule has 1 saturated heterocycles. The van der Waals surface area contributed by atoms with E-state index in [2.05, 4.69) is 0 Å². The van der Waals surface area contributed by atoms with Crippen LogP contribution in [0.3, 0.4) is 0 Å². The highest BCUT2D eigenvalue weighted by atomic mass is 32.2. The molecule has 0 aromatic heterocycles. The number of piperidine rings is 1. The molecule has 3 rings (SSSR count). The average molecular weight is 295 g/mol. The van der Waals surface area contributed by atoms with E-state index in [9.17, 15) is 13.5 Å². The molecule has 1 heterocycles. The highest BCUT2D eigenvalue weighted by Crippen LogP contribution is 2.27. The van der Waals surface area contributed by atoms with Crippen LogP contribution in [0.4, 0.5) is 0 Å². The summed E-state index contributed by atoms with van der Waals surface area (Å²) in [6.07, 6.45) is 5.24. The van der Waals surface area contributed by atoms with Gasteiger partial charge in [0, 0.05) is 13.1 Å². The first-order chi connectivity index (χ1) is 9.57. The Labute approximate surface area is 120 Å². The van der Waals surface area contributed by atoms with E-state index in [-0.39, 0.29) is 6.54 Å². The summed E-state index contributed by atoms with van der Waals surface area (Å²) in [5.41, 5.74) is 2.46. The largest absolute Gasteiger partial charge is 0.392 e. The van der Waals surface area contributed by atoms with Crippen LogP contribution in [0, 0.1) is 0 Å². The zero-order chi connectivity index (χ0) is 14.2. The molecule has 0 spiro atoms. The summed E-state index contributed by atoms with van der Waals surface area (Å²) >= 11 is 0. The molecule has 1 unspecified atom stereocenters. The van der Waals surface area contributed by atoms with Crippen LogP contribution in [0.1, 0.15) is 36.8 Å². The molecule has 0 amide bonds. The van der Waals surface area contributed by atoms with Crippen molar-refractivity contribution in [1.29, 1.82) is 0 Å². The molecule has 20 heavy (non-hydrogen) atoms. The third kappa shape index (κ3) is 2.62. The minimum absolute atomic E-state index is 0.222. The van der Waals surface area contributed by atoms with E-state index in [0.29, 0.717) is 17.9 Å². The molecule has 4 nitrogen and oxygen atoms in total. The van der Waals surface area contributed by atoms with E-state index in [1.165, 1.54) is 21.9 Å². The molecule has 0 radical (unpaired) electrons. The number of β-amino-alcohol motifs (C(OH)–C–C–N with tert-alkyl or cyclic N) is 1. The monoisotopic (exact) mass is 295 g/mol. The topological polar surface area (TPSA) is 57.6 Å². The van der Waals surface area contributed by atoms with Crippen LogP contribution < -0.4 is 0 Å². The number of aryl methyl sites for hydroxylation is 2. The van der Waals surface area contributed by atoms with Gasteiger partial charge in [0.05, 0.1) is 11.0 Å². The van der Waals surface area contributed by atoms with E-state index in [0.717, 1.165) is 25.7 Å². The van der Waals surface area contributed by atoms with Gasteiger partial charge in [-0.05, 0) is 61.8 Å². The average Bonchev–Trinajstić information content (AvgIpc) is 2.46. The number of nitrogens with zero attached hydrogens (tertiary/aromatic N) is 1. The van der Waals surface area contributed by atoms with E-state index in [1.54, 1.807) is 6.07 Å². The maximum atomic E-state index is 12.6. The standard InChI is InChI=1S/C15H21NO3S/c17-14-6-3-9-16(11-14)20(18,19)15-8-7-12-4-1-2-5-13(12)10-15/h7-8,10,14,17H,1-6,9,11H2. The van der Waals surface area contributed by atoms with E-state index >= 15 is 0 Å². The van der Waals surface area contributed by atoms with Gasteiger partial charge in [0.25, 0.3) is 0 Å². The van der Waals surface area contributed by atoms with Crippen molar-refractivity contribution in [1.82, 2.24) is 4.31 Å². The van der Waals surface area contributed by atoms with Crippen molar-refractivity contribution >= 4 is 10.0 Å². The van der Waals surface area contributed by atoms with Crippen molar-refractivity contribution in [3.63, 3.8) is 0 Å². The van der Waals surface area contributed by atoms with Crippen LogP contribution in [0.25, 0.3) is 0 Å². The number of fused-ring (bicyclic) bond motifs is 1. The third-order valence-corrected chi connectivity index (χ3v) is 6.18. The molecule has 1 aliphatic heterocycles. The van der Waals surface area contributed by atoms with Crippen molar-refractivity contribution < 1.29 is 13.5 Å². The van der Waals surface area contributed by atoms with Gasteiger partial charge in [0.15, 0.2) is 0 Å². The van der Waals surface area contributed by atoms with E-state index in [4.69, 9.17) is 0 Å². The minimum Gasteiger partial charge on any atom is -0.392 e. The maximum absolute atomic E-state index is 12.6. The molecule has 1 aromatic rings. The molecule has 1 aliphatic carbocycles. The van der Waals surface area contributed by atoms with Crippen molar-refractivity contribution in [3.8, 4) is 0 Å². The lowest BCUT2D eigenvalue weighted by Gasteiger charge is -2.29. The molecule has 1 N–H and O–H groups in total. The third-order valence-electron chi connectivity index (χ3n) is 4.32. The molecule has 1 atom stereocenters. The molecule has 1 fully saturated rings. The molecule has 0 saturated carbocycles. The second kappa shape index (κ2) is 5.47. The number of rotatable bonds is 2. The van der Waals surface area contributed by atoms with Crippen molar-refractivity contribution in [2.24, 2.45) is 0 Å². The van der Waals surface area contributed by atoms with Gasteiger partial charge < -0.3 is 5.11 Å². The van der Waals surface area contributed by atoms with Gasteiger partial charge in [-0.25, -0.2) is 8.42 Å². The maximum Gasteiger partial charge on any atom is 0.243 e. The van der Waals surface area contributed by atoms with Crippen LogP contribution >= 0.6 is 0 Å². The summed E-state index contributed by atoms with van der Waals surface area (Å²) in [7, 11) is -3.46. The molecule has 5 heteroatoms. The Bertz CT molecular complexity index is 597. The number of aliphatic hydroxyl groups is 1. The first-order valence-corrected chi connectivity index (χ1v) is 8.81. The fraction of sp³-hybridized carbons (Fsp3) is 0.600. The molecular weight excluding hydrogens is 274 g/mol. The number of sulfonamides is 1. The first kappa shape index (κ1) is 14.0. The molecular formula is C15H21NO3S. The predicted octanol–water partition coefficient (Wildman–Crippen LogP) is 1.71. The summed E-state index contributed by atoms with van der Waals surface area (Å²) in [6.45, 7) is 0.732. The van der Waals surface area contributed by atoms with Crippen LogP contribution in [0.5, 0.6) is 0 Å². The van der Waals surface area contributed by atoms with Gasteiger partial charge in [0.1, 0.15) is 0 Å². The fourth-order valence-electron chi connectivity index (χ4n) is 3.16. The Morgan fingerprint density at radius 1 is 1.10 bits per heavy atom. The van der Waals surface area contributed by atoms with E-state index < -0.39 is 16.1 Å². The number of hydrogen-bond acceptors (Lipinski definition) is 3. The lowest BCUT2D eigenvalue weighted by molar-refractivity contribution is 0.108. The van der Waals surface area contributed by atoms with Gasteiger partial charge in [-0.15, -0.1) is 0 Å². The van der Waals surface area contributed by atoms with E-state index in [1.807, 2.05) is 12.1 Å². The second-order valence-electron chi connectivity index (χ2n) is 5.80. The lowest BCUT2D eigenvalue weighted by atomic mass is 9.92. The van der Waals surface area contributed by atoms with Crippen molar-refractivity contribution in [2.45, 2.75) is 49.5 Å². The van der Waals surface area contributed by atoms with Crippen molar-refractivity contribution in [2.75, 3.05) is 13.1 Å². The Hall–Kier alpha value is -0.910. The number of hydrogen-bond donors (Lipinski definition) is 1. The zero-order valence-electron chi connectivity index (χ0n) is 11.6. The van der Waals surface area contributed by atoms with Gasteiger partial charge >= 0.3 is 0 Å². The van der Waals surface area contributed by atoms with Gasteiger partial charge in [0.2, 0.25) is 10.0 Å². The Balaban J connectivity index is 1.90. The summed E-state index contributed by atoms with van der Waals surface area (Å²) < 4.78 is 26.7. The Morgan fingerprint density at radius 3 is 2.60 bits per heavy atom. The summed E-state index contributed by atoms with van der Waals surface area (Å²) in [5, 5.41) is 9.68. The van der Waals surface area contributed by atoms with Crippen LogP contribution in [0.15, 0.2) is 23.1 Å². The Kier molecular flexibility index (Phi) is 3.84. The minimum atomic E-state index is -3.46. The fourth-order valence-corrected chi connectivity index (χ4v) is 4.73. The Morgan fingerprint density at radius 2 is 1.85 bits per heavy atom. The summed E-state index contributed by atoms with van der Waals surface area (Å²) in [4.78, 5) is 0.382. The molecule has 2 aliphatic rings. The smallest absolute Gasteiger partial charge is 0.243 e. The molecule has 1 aromatic carbocycles. The number of aliphatic hydroxyl groups excluding tert-OH is 1. The second-order valence-corrected chi connectivity index (χ2v) is 7.73. The first-order valence-electron chi connectivity index (χ1n) is 7.37. The zero-order valence-corrected chi connectivity index (χ0v) is 12.4.